The predicted octanol–water partition coefficient (Wildman–Crippen LogP) is 1.33. The topological polar surface area (TPSA) is 50.1 Å². The van der Waals surface area contributed by atoms with E-state index in [1.807, 2.05) is 17.1 Å². The number of rotatable bonds is 7. The van der Waals surface area contributed by atoms with E-state index in [1.54, 1.807) is 0 Å². The van der Waals surface area contributed by atoms with Crippen LogP contribution in [0.25, 0.3) is 0 Å². The molecule has 0 bridgehead atoms. The molecule has 0 radical (unpaired) electrons. The Bertz CT molecular complexity index is 320. The predicted molar refractivity (Wildman–Crippen MR) is 63.1 cm³/mol. The van der Waals surface area contributed by atoms with Gasteiger partial charge in [-0.1, -0.05) is 6.92 Å². The van der Waals surface area contributed by atoms with E-state index in [0.717, 1.165) is 31.0 Å². The SMILES string of the molecule is CCCn1cc(C(CO)NCC2CC2)cn1. The van der Waals surface area contributed by atoms with Crippen molar-refractivity contribution in [2.75, 3.05) is 13.2 Å². The fourth-order valence-electron chi connectivity index (χ4n) is 1.83. The number of aromatic nitrogens is 2. The van der Waals surface area contributed by atoms with Crippen LogP contribution in [0.1, 0.15) is 37.8 Å². The molecule has 1 aliphatic carbocycles. The van der Waals surface area contributed by atoms with E-state index in [-0.39, 0.29) is 12.6 Å². The summed E-state index contributed by atoms with van der Waals surface area (Å²) >= 11 is 0. The lowest BCUT2D eigenvalue weighted by Crippen LogP contribution is -2.26. The summed E-state index contributed by atoms with van der Waals surface area (Å²) in [4.78, 5) is 0. The molecule has 1 aliphatic rings. The van der Waals surface area contributed by atoms with Crippen molar-refractivity contribution in [2.24, 2.45) is 5.92 Å². The third kappa shape index (κ3) is 3.06. The number of nitrogens with zero attached hydrogens (tertiary/aromatic N) is 2. The van der Waals surface area contributed by atoms with Crippen molar-refractivity contribution in [1.82, 2.24) is 15.1 Å². The zero-order valence-corrected chi connectivity index (χ0v) is 9.89. The molecular formula is C12H21N3O. The van der Waals surface area contributed by atoms with Crippen molar-refractivity contribution >= 4 is 0 Å². The first-order chi connectivity index (χ1) is 7.83. The second-order valence-electron chi connectivity index (χ2n) is 4.62. The smallest absolute Gasteiger partial charge is 0.0627 e. The highest BCUT2D eigenvalue weighted by molar-refractivity contribution is 5.10. The number of aryl methyl sites for hydroxylation is 1. The summed E-state index contributed by atoms with van der Waals surface area (Å²) in [5.41, 5.74) is 1.09. The molecule has 16 heavy (non-hydrogen) atoms. The van der Waals surface area contributed by atoms with Gasteiger partial charge in [0.1, 0.15) is 0 Å². The molecule has 4 nitrogen and oxygen atoms in total. The normalized spacial score (nSPS) is 17.6. The van der Waals surface area contributed by atoms with Gasteiger partial charge in [0.2, 0.25) is 0 Å². The Hall–Kier alpha value is -0.870. The third-order valence-corrected chi connectivity index (χ3v) is 3.04. The number of aliphatic hydroxyl groups is 1. The maximum Gasteiger partial charge on any atom is 0.0627 e. The second kappa shape index (κ2) is 5.46. The highest BCUT2D eigenvalue weighted by atomic mass is 16.3. The van der Waals surface area contributed by atoms with Gasteiger partial charge in [0.05, 0.1) is 18.8 Å². The minimum absolute atomic E-state index is 0.0474. The summed E-state index contributed by atoms with van der Waals surface area (Å²) in [6.07, 6.45) is 7.64. The van der Waals surface area contributed by atoms with Gasteiger partial charge in [-0.2, -0.15) is 5.10 Å². The Morgan fingerprint density at radius 3 is 3.06 bits per heavy atom. The summed E-state index contributed by atoms with van der Waals surface area (Å²) in [5.74, 6) is 0.833. The third-order valence-electron chi connectivity index (χ3n) is 3.04. The van der Waals surface area contributed by atoms with Gasteiger partial charge in [-0.3, -0.25) is 4.68 Å². The first-order valence-electron chi connectivity index (χ1n) is 6.20. The molecule has 4 heteroatoms. The summed E-state index contributed by atoms with van der Waals surface area (Å²) in [6, 6.07) is 0.0474. The first-order valence-corrected chi connectivity index (χ1v) is 6.20. The van der Waals surface area contributed by atoms with Crippen molar-refractivity contribution in [1.29, 1.82) is 0 Å². The van der Waals surface area contributed by atoms with Crippen molar-refractivity contribution in [3.05, 3.63) is 18.0 Å². The molecule has 0 aromatic carbocycles. The van der Waals surface area contributed by atoms with Crippen LogP contribution < -0.4 is 5.32 Å². The van der Waals surface area contributed by atoms with Gasteiger partial charge in [0.15, 0.2) is 0 Å². The molecule has 1 aromatic heterocycles. The molecule has 0 spiro atoms. The summed E-state index contributed by atoms with van der Waals surface area (Å²) in [7, 11) is 0. The van der Waals surface area contributed by atoms with Crippen LogP contribution in [0.4, 0.5) is 0 Å². The van der Waals surface area contributed by atoms with E-state index in [1.165, 1.54) is 12.8 Å². The zero-order valence-electron chi connectivity index (χ0n) is 9.89. The Morgan fingerprint density at radius 2 is 2.44 bits per heavy atom. The highest BCUT2D eigenvalue weighted by Gasteiger charge is 2.22. The molecule has 1 heterocycles. The Kier molecular flexibility index (Phi) is 3.96. The zero-order chi connectivity index (χ0) is 11.4. The molecule has 1 aromatic rings. The minimum atomic E-state index is 0.0474. The van der Waals surface area contributed by atoms with Crippen LogP contribution in [0.3, 0.4) is 0 Å². The van der Waals surface area contributed by atoms with Gasteiger partial charge in [-0.15, -0.1) is 0 Å². The average molecular weight is 223 g/mol. The monoisotopic (exact) mass is 223 g/mol. The molecule has 1 fully saturated rings. The standard InChI is InChI=1S/C12H21N3O/c1-2-5-15-8-11(7-14-15)12(9-16)13-6-10-3-4-10/h7-8,10,12-13,16H,2-6,9H2,1H3. The fourth-order valence-corrected chi connectivity index (χ4v) is 1.83. The lowest BCUT2D eigenvalue weighted by molar-refractivity contribution is 0.243. The lowest BCUT2D eigenvalue weighted by atomic mass is 10.1. The van der Waals surface area contributed by atoms with E-state index in [2.05, 4.69) is 17.3 Å². The van der Waals surface area contributed by atoms with Crippen molar-refractivity contribution in [3.63, 3.8) is 0 Å². The van der Waals surface area contributed by atoms with E-state index in [9.17, 15) is 5.11 Å². The van der Waals surface area contributed by atoms with Crippen LogP contribution in [-0.4, -0.2) is 28.0 Å². The van der Waals surface area contributed by atoms with Gasteiger partial charge in [0.25, 0.3) is 0 Å². The quantitative estimate of drug-likeness (QED) is 0.733. The molecule has 0 saturated heterocycles. The van der Waals surface area contributed by atoms with Crippen LogP contribution in [0.5, 0.6) is 0 Å². The number of aliphatic hydroxyl groups excluding tert-OH is 1. The first kappa shape index (κ1) is 11.6. The fraction of sp³-hybridized carbons (Fsp3) is 0.750. The average Bonchev–Trinajstić information content (AvgIpc) is 3.00. The number of nitrogens with one attached hydrogen (secondary N) is 1. The Labute approximate surface area is 96.7 Å². The van der Waals surface area contributed by atoms with E-state index < -0.39 is 0 Å². The minimum Gasteiger partial charge on any atom is -0.394 e. The molecule has 2 rings (SSSR count). The van der Waals surface area contributed by atoms with Crippen molar-refractivity contribution in [3.8, 4) is 0 Å². The van der Waals surface area contributed by atoms with Crippen LogP contribution in [0.2, 0.25) is 0 Å². The summed E-state index contributed by atoms with van der Waals surface area (Å²) in [6.45, 7) is 4.24. The summed E-state index contributed by atoms with van der Waals surface area (Å²) in [5, 5.41) is 17.0. The van der Waals surface area contributed by atoms with Gasteiger partial charge >= 0.3 is 0 Å². The lowest BCUT2D eigenvalue weighted by Gasteiger charge is -2.13. The van der Waals surface area contributed by atoms with Gasteiger partial charge in [0, 0.05) is 18.3 Å². The van der Waals surface area contributed by atoms with Crippen LogP contribution in [0.15, 0.2) is 12.4 Å². The number of hydrogen-bond donors (Lipinski definition) is 2. The van der Waals surface area contributed by atoms with Crippen molar-refractivity contribution < 1.29 is 5.11 Å². The molecule has 1 atom stereocenters. The maximum atomic E-state index is 9.35. The molecule has 2 N–H and O–H groups in total. The highest BCUT2D eigenvalue weighted by Crippen LogP contribution is 2.28. The van der Waals surface area contributed by atoms with Crippen LogP contribution in [0, 0.1) is 5.92 Å². The van der Waals surface area contributed by atoms with Gasteiger partial charge < -0.3 is 10.4 Å². The molecule has 0 aliphatic heterocycles. The second-order valence-corrected chi connectivity index (χ2v) is 4.62. The van der Waals surface area contributed by atoms with Crippen LogP contribution >= 0.6 is 0 Å². The Balaban J connectivity index is 1.89. The van der Waals surface area contributed by atoms with E-state index >= 15 is 0 Å². The van der Waals surface area contributed by atoms with E-state index in [0.29, 0.717) is 0 Å². The molecule has 0 amide bonds. The molecule has 1 saturated carbocycles. The van der Waals surface area contributed by atoms with Crippen molar-refractivity contribution in [2.45, 2.75) is 38.8 Å². The van der Waals surface area contributed by atoms with Gasteiger partial charge in [-0.25, -0.2) is 0 Å². The van der Waals surface area contributed by atoms with Crippen LogP contribution in [-0.2, 0) is 6.54 Å². The van der Waals surface area contributed by atoms with Gasteiger partial charge in [-0.05, 0) is 31.7 Å². The molecule has 90 valence electrons. The Morgan fingerprint density at radius 1 is 1.62 bits per heavy atom. The maximum absolute atomic E-state index is 9.35. The van der Waals surface area contributed by atoms with E-state index in [4.69, 9.17) is 0 Å². The molecular weight excluding hydrogens is 202 g/mol. The number of hydrogen-bond acceptors (Lipinski definition) is 3. The summed E-state index contributed by atoms with van der Waals surface area (Å²) < 4.78 is 1.94. The molecule has 1 unspecified atom stereocenters. The largest absolute Gasteiger partial charge is 0.394 e.